The van der Waals surface area contributed by atoms with Crippen molar-refractivity contribution in [2.24, 2.45) is 5.92 Å². The third-order valence-corrected chi connectivity index (χ3v) is 3.21. The van der Waals surface area contributed by atoms with Crippen molar-refractivity contribution in [1.82, 2.24) is 4.90 Å². The molecule has 2 rings (SSSR count). The molecule has 104 valence electrons. The topological polar surface area (TPSA) is 90.6 Å². The van der Waals surface area contributed by atoms with E-state index < -0.39 is 24.0 Å². The second kappa shape index (κ2) is 6.06. The Morgan fingerprint density at radius 1 is 1.40 bits per heavy atom. The molecule has 0 radical (unpaired) electrons. The van der Waals surface area contributed by atoms with E-state index in [1.807, 2.05) is 36.4 Å². The second-order valence-electron chi connectivity index (χ2n) is 4.61. The smallest absolute Gasteiger partial charge is 0.410 e. The van der Waals surface area contributed by atoms with E-state index in [4.69, 9.17) is 15.1 Å². The van der Waals surface area contributed by atoms with Gasteiger partial charge in [0.15, 0.2) is 0 Å². The summed E-state index contributed by atoms with van der Waals surface area (Å²) in [5.74, 6) is -1.57. The van der Waals surface area contributed by atoms with E-state index in [2.05, 4.69) is 0 Å². The largest absolute Gasteiger partial charge is 0.480 e. The molecular formula is C14H14N2O4. The summed E-state index contributed by atoms with van der Waals surface area (Å²) in [5.41, 5.74) is 0.823. The van der Waals surface area contributed by atoms with Crippen LogP contribution >= 0.6 is 0 Å². The molecule has 2 unspecified atom stereocenters. The zero-order chi connectivity index (χ0) is 14.5. The highest BCUT2D eigenvalue weighted by atomic mass is 16.6. The van der Waals surface area contributed by atoms with Gasteiger partial charge in [-0.05, 0) is 12.0 Å². The van der Waals surface area contributed by atoms with Crippen LogP contribution in [0.1, 0.15) is 12.0 Å². The van der Waals surface area contributed by atoms with Gasteiger partial charge < -0.3 is 9.84 Å². The fourth-order valence-corrected chi connectivity index (χ4v) is 2.17. The molecule has 6 heteroatoms. The number of carbonyl (C=O) groups excluding carboxylic acids is 1. The van der Waals surface area contributed by atoms with Gasteiger partial charge >= 0.3 is 12.1 Å². The molecule has 1 saturated heterocycles. The van der Waals surface area contributed by atoms with Crippen LogP contribution in [0, 0.1) is 17.2 Å². The molecule has 0 aromatic heterocycles. The van der Waals surface area contributed by atoms with E-state index in [1.54, 1.807) is 0 Å². The maximum absolute atomic E-state index is 11.9. The number of hydrogen-bond donors (Lipinski definition) is 1. The second-order valence-corrected chi connectivity index (χ2v) is 4.61. The molecule has 1 heterocycles. The molecule has 1 aromatic carbocycles. The van der Waals surface area contributed by atoms with Crippen molar-refractivity contribution in [3.8, 4) is 6.07 Å². The molecule has 1 aromatic rings. The van der Waals surface area contributed by atoms with Gasteiger partial charge in [-0.2, -0.15) is 5.26 Å². The number of carboxylic acid groups (broad SMARTS) is 1. The molecule has 1 fully saturated rings. The summed E-state index contributed by atoms with van der Waals surface area (Å²) >= 11 is 0. The Balaban J connectivity index is 1.97. The van der Waals surface area contributed by atoms with Crippen molar-refractivity contribution >= 4 is 12.1 Å². The summed E-state index contributed by atoms with van der Waals surface area (Å²) in [6.45, 7) is 0.181. The minimum atomic E-state index is -1.11. The van der Waals surface area contributed by atoms with Crippen LogP contribution in [0.4, 0.5) is 4.79 Å². The molecule has 0 saturated carbocycles. The number of benzene rings is 1. The first kappa shape index (κ1) is 13.9. The zero-order valence-corrected chi connectivity index (χ0v) is 10.7. The van der Waals surface area contributed by atoms with Gasteiger partial charge in [-0.25, -0.2) is 9.59 Å². The van der Waals surface area contributed by atoms with Crippen LogP contribution in [0.2, 0.25) is 0 Å². The third kappa shape index (κ3) is 3.06. The first-order chi connectivity index (χ1) is 9.61. The van der Waals surface area contributed by atoms with E-state index in [1.165, 1.54) is 0 Å². The summed E-state index contributed by atoms with van der Waals surface area (Å²) in [4.78, 5) is 24.1. The number of likely N-dealkylation sites (tertiary alicyclic amines) is 1. The molecule has 0 spiro atoms. The Labute approximate surface area is 116 Å². The Morgan fingerprint density at radius 3 is 2.70 bits per heavy atom. The van der Waals surface area contributed by atoms with Gasteiger partial charge in [-0.1, -0.05) is 30.3 Å². The van der Waals surface area contributed by atoms with Gasteiger partial charge in [-0.15, -0.1) is 0 Å². The Hall–Kier alpha value is -2.55. The Kier molecular flexibility index (Phi) is 4.20. The highest BCUT2D eigenvalue weighted by Gasteiger charge is 2.40. The van der Waals surface area contributed by atoms with Crippen LogP contribution in [0.25, 0.3) is 0 Å². The SMILES string of the molecule is N#CC1CC(C(=O)O)N(C(=O)OCc2ccccc2)C1. The van der Waals surface area contributed by atoms with Crippen LogP contribution < -0.4 is 0 Å². The van der Waals surface area contributed by atoms with E-state index in [0.717, 1.165) is 10.5 Å². The molecule has 2 atom stereocenters. The Bertz CT molecular complexity index is 538. The van der Waals surface area contributed by atoms with E-state index in [0.29, 0.717) is 0 Å². The zero-order valence-electron chi connectivity index (χ0n) is 10.7. The number of carboxylic acids is 1. The van der Waals surface area contributed by atoms with Gasteiger partial charge in [0.05, 0.1) is 12.0 Å². The molecule has 1 aliphatic heterocycles. The summed E-state index contributed by atoms with van der Waals surface area (Å²) in [5, 5.41) is 17.9. The van der Waals surface area contributed by atoms with Gasteiger partial charge in [0.2, 0.25) is 0 Å². The number of amides is 1. The minimum Gasteiger partial charge on any atom is -0.480 e. The van der Waals surface area contributed by atoms with Crippen molar-refractivity contribution in [3.63, 3.8) is 0 Å². The number of nitrogens with zero attached hydrogens (tertiary/aromatic N) is 2. The normalized spacial score (nSPS) is 21.2. The fourth-order valence-electron chi connectivity index (χ4n) is 2.17. The van der Waals surface area contributed by atoms with Crippen molar-refractivity contribution in [1.29, 1.82) is 5.26 Å². The lowest BCUT2D eigenvalue weighted by Crippen LogP contribution is -2.40. The molecule has 1 aliphatic rings. The number of hydrogen-bond acceptors (Lipinski definition) is 4. The van der Waals surface area contributed by atoms with Gasteiger partial charge in [0, 0.05) is 6.54 Å². The van der Waals surface area contributed by atoms with Crippen molar-refractivity contribution in [2.75, 3.05) is 6.54 Å². The molecule has 1 amide bonds. The standard InChI is InChI=1S/C14H14N2O4/c15-7-11-6-12(13(17)18)16(8-11)14(19)20-9-10-4-2-1-3-5-10/h1-5,11-12H,6,8-9H2,(H,17,18). The molecule has 0 bridgehead atoms. The molecule has 1 N–H and O–H groups in total. The predicted octanol–water partition coefficient (Wildman–Crippen LogP) is 1.62. The average Bonchev–Trinajstić information content (AvgIpc) is 2.90. The lowest BCUT2D eigenvalue weighted by atomic mass is 10.1. The number of carbonyl (C=O) groups is 2. The van der Waals surface area contributed by atoms with Crippen LogP contribution in [0.15, 0.2) is 30.3 Å². The van der Waals surface area contributed by atoms with Gasteiger partial charge in [0.25, 0.3) is 0 Å². The van der Waals surface area contributed by atoms with Crippen molar-refractivity contribution < 1.29 is 19.4 Å². The minimum absolute atomic E-state index is 0.0831. The number of aliphatic carboxylic acids is 1. The first-order valence-electron chi connectivity index (χ1n) is 6.21. The maximum Gasteiger partial charge on any atom is 0.410 e. The van der Waals surface area contributed by atoms with E-state index in [9.17, 15) is 9.59 Å². The summed E-state index contributed by atoms with van der Waals surface area (Å²) in [6.07, 6.45) is -0.550. The molecule has 0 aliphatic carbocycles. The molecule has 20 heavy (non-hydrogen) atoms. The Morgan fingerprint density at radius 2 is 2.10 bits per heavy atom. The van der Waals surface area contributed by atoms with Crippen LogP contribution in [0.5, 0.6) is 0 Å². The first-order valence-corrected chi connectivity index (χ1v) is 6.21. The fraction of sp³-hybridized carbons (Fsp3) is 0.357. The predicted molar refractivity (Wildman–Crippen MR) is 68.5 cm³/mol. The molecule has 6 nitrogen and oxygen atoms in total. The van der Waals surface area contributed by atoms with Crippen LogP contribution in [-0.4, -0.2) is 34.7 Å². The van der Waals surface area contributed by atoms with Gasteiger partial charge in [0.1, 0.15) is 12.6 Å². The van der Waals surface area contributed by atoms with Crippen LogP contribution in [0.3, 0.4) is 0 Å². The van der Waals surface area contributed by atoms with Crippen molar-refractivity contribution in [2.45, 2.75) is 19.1 Å². The van der Waals surface area contributed by atoms with Crippen LogP contribution in [-0.2, 0) is 16.1 Å². The lowest BCUT2D eigenvalue weighted by Gasteiger charge is -2.20. The summed E-state index contributed by atoms with van der Waals surface area (Å²) in [7, 11) is 0. The van der Waals surface area contributed by atoms with Crippen molar-refractivity contribution in [3.05, 3.63) is 35.9 Å². The highest BCUT2D eigenvalue weighted by molar-refractivity contribution is 5.81. The quantitative estimate of drug-likeness (QED) is 0.904. The number of ether oxygens (including phenoxy) is 1. The average molecular weight is 274 g/mol. The van der Waals surface area contributed by atoms with E-state index >= 15 is 0 Å². The maximum atomic E-state index is 11.9. The highest BCUT2D eigenvalue weighted by Crippen LogP contribution is 2.24. The third-order valence-electron chi connectivity index (χ3n) is 3.21. The van der Waals surface area contributed by atoms with E-state index in [-0.39, 0.29) is 19.6 Å². The number of nitriles is 1. The molecular weight excluding hydrogens is 260 g/mol. The monoisotopic (exact) mass is 274 g/mol. The van der Waals surface area contributed by atoms with Gasteiger partial charge in [-0.3, -0.25) is 4.90 Å². The summed E-state index contributed by atoms with van der Waals surface area (Å²) < 4.78 is 5.10. The summed E-state index contributed by atoms with van der Waals surface area (Å²) in [6, 6.07) is 10.1. The lowest BCUT2D eigenvalue weighted by molar-refractivity contribution is -0.141. The number of rotatable bonds is 3.